The molecular formula is C19H26NO3+. The van der Waals surface area contributed by atoms with Crippen LogP contribution in [0.3, 0.4) is 0 Å². The maximum Gasteiger partial charge on any atom is 0.470 e. The van der Waals surface area contributed by atoms with Gasteiger partial charge in [-0.2, -0.15) is 4.99 Å². The average Bonchev–Trinajstić information content (AvgIpc) is 2.73. The first kappa shape index (κ1) is 15.2. The van der Waals surface area contributed by atoms with Gasteiger partial charge in [-0.15, -0.1) is 0 Å². The van der Waals surface area contributed by atoms with Crippen LogP contribution in [0, 0.1) is 16.9 Å². The number of aliphatic hydroxyl groups is 1. The Labute approximate surface area is 138 Å². The van der Waals surface area contributed by atoms with E-state index in [1.54, 1.807) is 7.11 Å². The Morgan fingerprint density at radius 3 is 2.91 bits per heavy atom. The molecule has 2 heterocycles. The Kier molecular flexibility index (Phi) is 3.17. The Balaban J connectivity index is 1.92. The quantitative estimate of drug-likeness (QED) is 0.698. The van der Waals surface area contributed by atoms with Crippen molar-refractivity contribution in [3.05, 3.63) is 23.0 Å². The minimum atomic E-state index is -0.385. The summed E-state index contributed by atoms with van der Waals surface area (Å²) < 4.78 is 11.8. The lowest BCUT2D eigenvalue weighted by atomic mass is 9.55. The molecule has 0 radical (unpaired) electrons. The monoisotopic (exact) mass is 316 g/mol. The van der Waals surface area contributed by atoms with Crippen molar-refractivity contribution in [2.75, 3.05) is 7.11 Å². The van der Waals surface area contributed by atoms with Crippen molar-refractivity contribution in [3.63, 3.8) is 0 Å². The van der Waals surface area contributed by atoms with Crippen molar-refractivity contribution in [2.24, 2.45) is 15.8 Å². The lowest BCUT2D eigenvalue weighted by Crippen LogP contribution is -2.46. The van der Waals surface area contributed by atoms with Gasteiger partial charge in [-0.05, 0) is 24.7 Å². The van der Waals surface area contributed by atoms with Gasteiger partial charge in [0, 0.05) is 25.3 Å². The van der Waals surface area contributed by atoms with Crippen molar-refractivity contribution >= 4 is 5.90 Å². The third-order valence-electron chi connectivity index (χ3n) is 6.14. The van der Waals surface area contributed by atoms with Crippen molar-refractivity contribution in [2.45, 2.75) is 71.1 Å². The van der Waals surface area contributed by atoms with Gasteiger partial charge in [0.05, 0.1) is 19.3 Å². The van der Waals surface area contributed by atoms with Crippen LogP contribution < -0.4 is 0 Å². The molecule has 1 saturated carbocycles. The van der Waals surface area contributed by atoms with E-state index in [0.29, 0.717) is 18.7 Å². The largest absolute Gasteiger partial charge is 0.493 e. The maximum atomic E-state index is 10.3. The minimum Gasteiger partial charge on any atom is -0.493 e. The van der Waals surface area contributed by atoms with E-state index in [9.17, 15) is 5.11 Å². The number of aliphatic hydroxyl groups excluding tert-OH is 1. The molecule has 1 spiro atoms. The fourth-order valence-electron chi connectivity index (χ4n) is 5.19. The first-order chi connectivity index (χ1) is 10.9. The van der Waals surface area contributed by atoms with Crippen LogP contribution in [0.2, 0.25) is 0 Å². The van der Waals surface area contributed by atoms with Gasteiger partial charge in [-0.25, -0.2) is 0 Å². The molecule has 0 saturated heterocycles. The summed E-state index contributed by atoms with van der Waals surface area (Å²) in [5, 5.41) is 10.3. The van der Waals surface area contributed by atoms with Gasteiger partial charge in [0.15, 0.2) is 5.57 Å². The summed E-state index contributed by atoms with van der Waals surface area (Å²) in [4.78, 5) is 4.76. The number of hydrogen-bond donors (Lipinski definition) is 1. The Hall–Kier alpha value is -1.38. The highest BCUT2D eigenvalue weighted by atomic mass is 16.5. The standard InChI is InChI=1S/C19H26NO3/c1-11-7-16(22-4)20-13-8-12(21)9-14-17(13)19(11)10-18(2,3)6-5-15(19)23-14/h12-13,15,21H,5-6,8-10H2,1-4H3/q+1/t12-,13+,15-,19?/m1/s1. The van der Waals surface area contributed by atoms with Crippen LogP contribution >= 0.6 is 0 Å². The molecule has 4 heteroatoms. The molecule has 1 N–H and O–H groups in total. The highest BCUT2D eigenvalue weighted by Crippen LogP contribution is 2.62. The predicted octanol–water partition coefficient (Wildman–Crippen LogP) is 3.17. The first-order valence-corrected chi connectivity index (χ1v) is 8.67. The summed E-state index contributed by atoms with van der Waals surface area (Å²) in [6.45, 7) is 6.84. The number of ether oxygens (including phenoxy) is 2. The van der Waals surface area contributed by atoms with E-state index in [2.05, 4.69) is 26.8 Å². The molecule has 2 aliphatic carbocycles. The van der Waals surface area contributed by atoms with E-state index >= 15 is 0 Å². The highest BCUT2D eigenvalue weighted by molar-refractivity contribution is 5.85. The third kappa shape index (κ3) is 2.08. The number of hydrogen-bond acceptors (Lipinski definition) is 4. The topological polar surface area (TPSA) is 51.0 Å². The molecule has 0 aromatic rings. The number of aliphatic imine (C=N–C) groups is 1. The van der Waals surface area contributed by atoms with Gasteiger partial charge >= 0.3 is 12.0 Å². The summed E-state index contributed by atoms with van der Waals surface area (Å²) in [5.74, 6) is 1.54. The summed E-state index contributed by atoms with van der Waals surface area (Å²) in [6.07, 6.45) is 7.72. The van der Waals surface area contributed by atoms with E-state index in [0.717, 1.165) is 18.6 Å². The molecule has 0 bridgehead atoms. The summed E-state index contributed by atoms with van der Waals surface area (Å²) >= 11 is 0. The number of rotatable bonds is 0. The Bertz CT molecular complexity index is 631. The van der Waals surface area contributed by atoms with Gasteiger partial charge < -0.3 is 14.6 Å². The van der Waals surface area contributed by atoms with Crippen LogP contribution in [0.15, 0.2) is 21.9 Å². The molecule has 0 amide bonds. The van der Waals surface area contributed by atoms with Crippen LogP contribution in [-0.2, 0) is 9.47 Å². The van der Waals surface area contributed by atoms with Gasteiger partial charge in [-0.1, -0.05) is 13.8 Å². The van der Waals surface area contributed by atoms with E-state index in [1.165, 1.54) is 17.6 Å². The maximum absolute atomic E-state index is 10.3. The molecule has 0 aromatic heterocycles. The molecule has 0 aromatic carbocycles. The number of nitrogens with zero attached hydrogens (tertiary/aromatic N) is 1. The second-order valence-electron chi connectivity index (χ2n) is 8.29. The molecule has 4 nitrogen and oxygen atoms in total. The molecule has 1 fully saturated rings. The molecule has 1 unspecified atom stereocenters. The molecule has 4 atom stereocenters. The molecule has 124 valence electrons. The molecule has 23 heavy (non-hydrogen) atoms. The number of methoxy groups -OCH3 is 1. The lowest BCUT2D eigenvalue weighted by molar-refractivity contribution is -0.00409. The zero-order valence-electron chi connectivity index (χ0n) is 14.5. The zero-order chi connectivity index (χ0) is 16.4. The molecule has 2 aliphatic heterocycles. The fourth-order valence-corrected chi connectivity index (χ4v) is 5.19. The van der Waals surface area contributed by atoms with Gasteiger partial charge in [-0.3, -0.25) is 0 Å². The van der Waals surface area contributed by atoms with Crippen LogP contribution in [0.5, 0.6) is 0 Å². The lowest BCUT2D eigenvalue weighted by Gasteiger charge is -2.45. The molecular weight excluding hydrogens is 290 g/mol. The third-order valence-corrected chi connectivity index (χ3v) is 6.14. The van der Waals surface area contributed by atoms with Crippen LogP contribution in [0.4, 0.5) is 0 Å². The highest BCUT2D eigenvalue weighted by Gasteiger charge is 2.63. The first-order valence-electron chi connectivity index (χ1n) is 8.67. The molecule has 4 rings (SSSR count). The predicted molar refractivity (Wildman–Crippen MR) is 87.9 cm³/mol. The van der Waals surface area contributed by atoms with Crippen LogP contribution in [0.1, 0.15) is 52.9 Å². The van der Waals surface area contributed by atoms with E-state index < -0.39 is 0 Å². The van der Waals surface area contributed by atoms with Crippen molar-refractivity contribution in [3.8, 4) is 0 Å². The van der Waals surface area contributed by atoms with Crippen molar-refractivity contribution < 1.29 is 14.6 Å². The van der Waals surface area contributed by atoms with Crippen LogP contribution in [-0.4, -0.2) is 36.4 Å². The van der Waals surface area contributed by atoms with Crippen LogP contribution in [0.25, 0.3) is 0 Å². The van der Waals surface area contributed by atoms with Gasteiger partial charge in [0.25, 0.3) is 0 Å². The van der Waals surface area contributed by atoms with E-state index in [-0.39, 0.29) is 29.1 Å². The average molecular weight is 316 g/mol. The summed E-state index contributed by atoms with van der Waals surface area (Å²) in [6, 6.07) is -0.0486. The fraction of sp³-hybridized carbons (Fsp3) is 0.737. The van der Waals surface area contributed by atoms with Gasteiger partial charge in [0.1, 0.15) is 17.3 Å². The second-order valence-corrected chi connectivity index (χ2v) is 8.29. The normalized spacial score (nSPS) is 40.8. The zero-order valence-corrected chi connectivity index (χ0v) is 14.5. The van der Waals surface area contributed by atoms with Crippen molar-refractivity contribution in [1.29, 1.82) is 0 Å². The SMILES string of the molecule is COC1=N[C@H]2C[C@@H](O)CC3=C2C2(CC(C)(C)CC[C@H]2O3)C(C)=[C+]1. The summed E-state index contributed by atoms with van der Waals surface area (Å²) in [5.41, 5.74) is 2.63. The van der Waals surface area contributed by atoms with Gasteiger partial charge in [0.2, 0.25) is 0 Å². The second kappa shape index (κ2) is 4.81. The smallest absolute Gasteiger partial charge is 0.470 e. The van der Waals surface area contributed by atoms with Crippen molar-refractivity contribution in [1.82, 2.24) is 0 Å². The van der Waals surface area contributed by atoms with E-state index in [1.807, 2.05) is 0 Å². The Morgan fingerprint density at radius 2 is 2.17 bits per heavy atom. The Morgan fingerprint density at radius 1 is 1.39 bits per heavy atom. The van der Waals surface area contributed by atoms with E-state index in [4.69, 9.17) is 14.5 Å². The summed E-state index contributed by atoms with van der Waals surface area (Å²) in [7, 11) is 1.64. The molecule has 4 aliphatic rings. The minimum absolute atomic E-state index is 0.0486.